The van der Waals surface area contributed by atoms with Crippen molar-refractivity contribution in [2.45, 2.75) is 25.5 Å². The molecule has 1 saturated heterocycles. The van der Waals surface area contributed by atoms with Gasteiger partial charge in [0.05, 0.1) is 17.7 Å². The fraction of sp³-hybridized carbons (Fsp3) is 0.600. The molecule has 5 heteroatoms. The topological polar surface area (TPSA) is 39.7 Å². The molecule has 1 aliphatic rings. The zero-order valence-electron chi connectivity index (χ0n) is 11.9. The second-order valence-corrected chi connectivity index (χ2v) is 5.75. The van der Waals surface area contributed by atoms with Crippen LogP contribution in [-0.2, 0) is 16.0 Å². The fourth-order valence-corrected chi connectivity index (χ4v) is 2.66. The summed E-state index contributed by atoms with van der Waals surface area (Å²) in [6.45, 7) is 3.95. The van der Waals surface area contributed by atoms with Crippen LogP contribution in [0.2, 0.25) is 0 Å². The SMILES string of the molecule is COCCNCc1ccc(OC2CCCOC2)c(Br)c1. The number of hydrogen-bond donors (Lipinski definition) is 1. The minimum Gasteiger partial charge on any atom is -0.487 e. The molecule has 1 aromatic rings. The summed E-state index contributed by atoms with van der Waals surface area (Å²) in [5.41, 5.74) is 1.22. The molecule has 112 valence electrons. The number of methoxy groups -OCH3 is 1. The maximum Gasteiger partial charge on any atom is 0.134 e. The van der Waals surface area contributed by atoms with E-state index >= 15 is 0 Å². The number of benzene rings is 1. The molecule has 1 fully saturated rings. The second-order valence-electron chi connectivity index (χ2n) is 4.89. The molecule has 1 unspecified atom stereocenters. The summed E-state index contributed by atoms with van der Waals surface area (Å²) in [6.07, 6.45) is 2.31. The molecule has 0 amide bonds. The van der Waals surface area contributed by atoms with Gasteiger partial charge in [-0.2, -0.15) is 0 Å². The van der Waals surface area contributed by atoms with Crippen LogP contribution in [0.5, 0.6) is 5.75 Å². The van der Waals surface area contributed by atoms with Crippen LogP contribution in [0.3, 0.4) is 0 Å². The minimum atomic E-state index is 0.172. The highest BCUT2D eigenvalue weighted by molar-refractivity contribution is 9.10. The van der Waals surface area contributed by atoms with E-state index < -0.39 is 0 Å². The molecule has 0 aromatic heterocycles. The Bertz CT molecular complexity index is 408. The van der Waals surface area contributed by atoms with E-state index in [9.17, 15) is 0 Å². The van der Waals surface area contributed by atoms with Crippen molar-refractivity contribution >= 4 is 15.9 Å². The van der Waals surface area contributed by atoms with E-state index in [-0.39, 0.29) is 6.10 Å². The Hall–Kier alpha value is -0.620. The monoisotopic (exact) mass is 343 g/mol. The zero-order chi connectivity index (χ0) is 14.2. The van der Waals surface area contributed by atoms with Crippen molar-refractivity contribution in [1.29, 1.82) is 0 Å². The third-order valence-electron chi connectivity index (χ3n) is 3.22. The van der Waals surface area contributed by atoms with E-state index in [0.29, 0.717) is 6.61 Å². The summed E-state index contributed by atoms with van der Waals surface area (Å²) in [5, 5.41) is 3.32. The summed E-state index contributed by atoms with van der Waals surface area (Å²) in [5.74, 6) is 0.890. The maximum atomic E-state index is 5.97. The average Bonchev–Trinajstić information content (AvgIpc) is 2.47. The molecule has 0 saturated carbocycles. The quantitative estimate of drug-likeness (QED) is 0.772. The Morgan fingerprint density at radius 1 is 1.45 bits per heavy atom. The predicted molar refractivity (Wildman–Crippen MR) is 82.2 cm³/mol. The third-order valence-corrected chi connectivity index (χ3v) is 3.84. The van der Waals surface area contributed by atoms with Crippen LogP contribution < -0.4 is 10.1 Å². The molecule has 1 aliphatic heterocycles. The van der Waals surface area contributed by atoms with Gasteiger partial charge in [-0.15, -0.1) is 0 Å². The van der Waals surface area contributed by atoms with Crippen LogP contribution in [0.1, 0.15) is 18.4 Å². The van der Waals surface area contributed by atoms with Gasteiger partial charge in [-0.1, -0.05) is 6.07 Å². The Labute approximate surface area is 128 Å². The van der Waals surface area contributed by atoms with Gasteiger partial charge in [-0.3, -0.25) is 0 Å². The van der Waals surface area contributed by atoms with Crippen LogP contribution in [0.25, 0.3) is 0 Å². The standard InChI is InChI=1S/C15H22BrNO3/c1-18-8-6-17-10-12-4-5-15(14(16)9-12)20-13-3-2-7-19-11-13/h4-5,9,13,17H,2-3,6-8,10-11H2,1H3. The van der Waals surface area contributed by atoms with Gasteiger partial charge in [0.2, 0.25) is 0 Å². The first-order valence-electron chi connectivity index (χ1n) is 7.02. The molecule has 4 nitrogen and oxygen atoms in total. The van der Waals surface area contributed by atoms with Crippen molar-refractivity contribution in [3.05, 3.63) is 28.2 Å². The van der Waals surface area contributed by atoms with Gasteiger partial charge in [0.1, 0.15) is 11.9 Å². The Morgan fingerprint density at radius 3 is 3.05 bits per heavy atom. The Morgan fingerprint density at radius 2 is 2.35 bits per heavy atom. The van der Waals surface area contributed by atoms with Gasteiger partial charge in [-0.25, -0.2) is 0 Å². The van der Waals surface area contributed by atoms with E-state index in [2.05, 4.69) is 33.4 Å². The molecule has 1 N–H and O–H groups in total. The molecule has 1 heterocycles. The minimum absolute atomic E-state index is 0.172. The van der Waals surface area contributed by atoms with Gasteiger partial charge in [-0.05, 0) is 46.5 Å². The molecule has 1 atom stereocenters. The molecular formula is C15H22BrNO3. The average molecular weight is 344 g/mol. The third kappa shape index (κ3) is 5.05. The molecular weight excluding hydrogens is 322 g/mol. The van der Waals surface area contributed by atoms with Crippen LogP contribution in [-0.4, -0.2) is 39.6 Å². The van der Waals surface area contributed by atoms with Gasteiger partial charge >= 0.3 is 0 Å². The zero-order valence-corrected chi connectivity index (χ0v) is 13.4. The van der Waals surface area contributed by atoms with Crippen molar-refractivity contribution in [1.82, 2.24) is 5.32 Å². The van der Waals surface area contributed by atoms with E-state index in [1.165, 1.54) is 5.56 Å². The first-order valence-corrected chi connectivity index (χ1v) is 7.81. The lowest BCUT2D eigenvalue weighted by molar-refractivity contribution is 0.00710. The summed E-state index contributed by atoms with van der Waals surface area (Å²) in [7, 11) is 1.71. The molecule has 0 bridgehead atoms. The number of hydrogen-bond acceptors (Lipinski definition) is 4. The lowest BCUT2D eigenvalue weighted by Gasteiger charge is -2.24. The highest BCUT2D eigenvalue weighted by Crippen LogP contribution is 2.28. The van der Waals surface area contributed by atoms with Gasteiger partial charge in [0.15, 0.2) is 0 Å². The molecule has 20 heavy (non-hydrogen) atoms. The summed E-state index contributed by atoms with van der Waals surface area (Å²) >= 11 is 3.58. The number of nitrogens with one attached hydrogen (secondary N) is 1. The molecule has 2 rings (SSSR count). The smallest absolute Gasteiger partial charge is 0.134 e. The van der Waals surface area contributed by atoms with Gasteiger partial charge in [0, 0.05) is 26.8 Å². The van der Waals surface area contributed by atoms with Crippen molar-refractivity contribution < 1.29 is 14.2 Å². The summed E-state index contributed by atoms with van der Waals surface area (Å²) in [6, 6.07) is 6.20. The van der Waals surface area contributed by atoms with Crippen LogP contribution >= 0.6 is 15.9 Å². The van der Waals surface area contributed by atoms with Crippen LogP contribution in [0, 0.1) is 0 Å². The van der Waals surface area contributed by atoms with E-state index in [1.54, 1.807) is 7.11 Å². The second kappa shape index (κ2) is 8.62. The van der Waals surface area contributed by atoms with Gasteiger partial charge in [0.25, 0.3) is 0 Å². The van der Waals surface area contributed by atoms with E-state index in [0.717, 1.165) is 49.4 Å². The lowest BCUT2D eigenvalue weighted by atomic mass is 10.1. The number of rotatable bonds is 7. The largest absolute Gasteiger partial charge is 0.487 e. The molecule has 0 aliphatic carbocycles. The first-order chi connectivity index (χ1) is 9.79. The normalized spacial score (nSPS) is 19.0. The first kappa shape index (κ1) is 15.8. The number of ether oxygens (including phenoxy) is 3. The molecule has 0 spiro atoms. The fourth-order valence-electron chi connectivity index (χ4n) is 2.14. The van der Waals surface area contributed by atoms with Crippen molar-refractivity contribution in [2.75, 3.05) is 33.5 Å². The van der Waals surface area contributed by atoms with Crippen molar-refractivity contribution in [3.63, 3.8) is 0 Å². The summed E-state index contributed by atoms with van der Waals surface area (Å²) in [4.78, 5) is 0. The van der Waals surface area contributed by atoms with E-state index in [1.807, 2.05) is 6.07 Å². The Kier molecular flexibility index (Phi) is 6.79. The molecule has 0 radical (unpaired) electrons. The summed E-state index contributed by atoms with van der Waals surface area (Å²) < 4.78 is 17.4. The van der Waals surface area contributed by atoms with E-state index in [4.69, 9.17) is 14.2 Å². The van der Waals surface area contributed by atoms with Crippen molar-refractivity contribution in [3.8, 4) is 5.75 Å². The van der Waals surface area contributed by atoms with Crippen molar-refractivity contribution in [2.24, 2.45) is 0 Å². The maximum absolute atomic E-state index is 5.97. The van der Waals surface area contributed by atoms with Gasteiger partial charge < -0.3 is 19.5 Å². The molecule has 1 aromatic carbocycles. The highest BCUT2D eigenvalue weighted by Gasteiger charge is 2.16. The Balaban J connectivity index is 1.85. The predicted octanol–water partition coefficient (Wildman–Crippen LogP) is 2.74. The number of halogens is 1. The van der Waals surface area contributed by atoms with Crippen LogP contribution in [0.15, 0.2) is 22.7 Å². The lowest BCUT2D eigenvalue weighted by Crippen LogP contribution is -2.28. The highest BCUT2D eigenvalue weighted by atomic mass is 79.9. The van der Waals surface area contributed by atoms with Crippen LogP contribution in [0.4, 0.5) is 0 Å².